The number of phenols is 1. The molecule has 7 heteroatoms. The maximum atomic E-state index is 12.7. The van der Waals surface area contributed by atoms with Gasteiger partial charge in [0, 0.05) is 5.56 Å². The number of hydrogen-bond donors (Lipinski definition) is 3. The fraction of sp³-hybridized carbons (Fsp3) is 0.0870. The number of nitrogens with one attached hydrogen (secondary N) is 2. The number of carbonyl (C=O) groups excluding carboxylic acids is 3. The smallest absolute Gasteiger partial charge is 0.255 e. The minimum Gasteiger partial charge on any atom is -0.548 e. The monoisotopic (exact) mass is 403 g/mol. The van der Waals surface area contributed by atoms with Crippen LogP contribution in [0.15, 0.2) is 78.9 Å². The van der Waals surface area contributed by atoms with E-state index in [0.29, 0.717) is 11.1 Å². The number of rotatable bonds is 7. The van der Waals surface area contributed by atoms with E-state index in [4.69, 9.17) is 0 Å². The zero-order valence-corrected chi connectivity index (χ0v) is 15.9. The van der Waals surface area contributed by atoms with Crippen molar-refractivity contribution in [2.45, 2.75) is 12.5 Å². The van der Waals surface area contributed by atoms with E-state index in [0.717, 1.165) is 0 Å². The minimum atomic E-state index is -1.44. The van der Waals surface area contributed by atoms with E-state index in [1.54, 1.807) is 60.7 Å². The van der Waals surface area contributed by atoms with Gasteiger partial charge in [-0.15, -0.1) is 0 Å². The van der Waals surface area contributed by atoms with Crippen molar-refractivity contribution in [2.75, 3.05) is 5.32 Å². The lowest BCUT2D eigenvalue weighted by Gasteiger charge is -2.21. The molecule has 0 aliphatic rings. The highest BCUT2D eigenvalue weighted by Gasteiger charge is 2.19. The first-order valence-electron chi connectivity index (χ1n) is 9.19. The average molecular weight is 403 g/mol. The number of carboxylic acids is 1. The Balaban J connectivity index is 1.76. The lowest BCUT2D eigenvalue weighted by atomic mass is 10.0. The number of phenolic OH excluding ortho intramolecular Hbond substituents is 1. The molecule has 0 unspecified atom stereocenters. The van der Waals surface area contributed by atoms with Gasteiger partial charge in [-0.25, -0.2) is 0 Å². The van der Waals surface area contributed by atoms with E-state index in [1.807, 2.05) is 0 Å². The Morgan fingerprint density at radius 3 is 2.13 bits per heavy atom. The van der Waals surface area contributed by atoms with Crippen molar-refractivity contribution in [3.05, 3.63) is 95.6 Å². The molecule has 3 aromatic rings. The fourth-order valence-electron chi connectivity index (χ4n) is 2.87. The highest BCUT2D eigenvalue weighted by atomic mass is 16.4. The van der Waals surface area contributed by atoms with Crippen LogP contribution in [0.5, 0.6) is 5.75 Å². The maximum absolute atomic E-state index is 12.7. The second-order valence-corrected chi connectivity index (χ2v) is 6.58. The summed E-state index contributed by atoms with van der Waals surface area (Å²) in [6, 6.07) is 19.5. The van der Waals surface area contributed by atoms with Gasteiger partial charge in [0.15, 0.2) is 0 Å². The molecule has 0 radical (unpaired) electrons. The molecule has 3 rings (SSSR count). The number of para-hydroxylation sites is 1. The zero-order chi connectivity index (χ0) is 21.5. The van der Waals surface area contributed by atoms with Crippen LogP contribution in [-0.4, -0.2) is 28.9 Å². The first kappa shape index (κ1) is 20.6. The van der Waals surface area contributed by atoms with Crippen molar-refractivity contribution < 1.29 is 24.6 Å². The summed E-state index contributed by atoms with van der Waals surface area (Å²) in [6.45, 7) is 0. The number of carboxylic acid groups (broad SMARTS) is 1. The van der Waals surface area contributed by atoms with Gasteiger partial charge in [-0.2, -0.15) is 0 Å². The molecule has 152 valence electrons. The third kappa shape index (κ3) is 5.23. The first-order valence-corrected chi connectivity index (χ1v) is 9.19. The van der Waals surface area contributed by atoms with Gasteiger partial charge in [-0.05, 0) is 48.4 Å². The molecule has 30 heavy (non-hydrogen) atoms. The summed E-state index contributed by atoms with van der Waals surface area (Å²) in [6.07, 6.45) is -0.0209. The molecule has 0 saturated heterocycles. The molecule has 0 aromatic heterocycles. The van der Waals surface area contributed by atoms with Gasteiger partial charge < -0.3 is 25.6 Å². The molecule has 0 aliphatic carbocycles. The number of aromatic hydroxyl groups is 1. The molecular formula is C23H19N2O5-. The Labute approximate surface area is 173 Å². The molecule has 0 aliphatic heterocycles. The van der Waals surface area contributed by atoms with E-state index in [9.17, 15) is 24.6 Å². The molecule has 2 amide bonds. The van der Waals surface area contributed by atoms with Gasteiger partial charge in [0.2, 0.25) is 0 Å². The third-order valence-electron chi connectivity index (χ3n) is 4.42. The molecule has 0 heterocycles. The molecule has 0 bridgehead atoms. The van der Waals surface area contributed by atoms with Crippen molar-refractivity contribution in [3.8, 4) is 5.75 Å². The van der Waals surface area contributed by atoms with E-state index in [2.05, 4.69) is 10.6 Å². The topological polar surface area (TPSA) is 119 Å². The van der Waals surface area contributed by atoms with Crippen molar-refractivity contribution in [1.29, 1.82) is 0 Å². The lowest BCUT2D eigenvalue weighted by Crippen LogP contribution is -2.49. The average Bonchev–Trinajstić information content (AvgIpc) is 2.75. The lowest BCUT2D eigenvalue weighted by molar-refractivity contribution is -0.308. The molecule has 1 atom stereocenters. The fourth-order valence-corrected chi connectivity index (χ4v) is 2.87. The van der Waals surface area contributed by atoms with Gasteiger partial charge in [-0.1, -0.05) is 42.5 Å². The Morgan fingerprint density at radius 2 is 1.47 bits per heavy atom. The van der Waals surface area contributed by atoms with Crippen LogP contribution >= 0.6 is 0 Å². The summed E-state index contributed by atoms with van der Waals surface area (Å²) in [4.78, 5) is 36.7. The van der Waals surface area contributed by atoms with Crippen molar-refractivity contribution in [1.82, 2.24) is 5.32 Å². The van der Waals surface area contributed by atoms with E-state index in [-0.39, 0.29) is 23.4 Å². The number of hydrogen-bond acceptors (Lipinski definition) is 5. The molecule has 0 saturated carbocycles. The predicted molar refractivity (Wildman–Crippen MR) is 109 cm³/mol. The van der Waals surface area contributed by atoms with Crippen molar-refractivity contribution >= 4 is 23.5 Å². The van der Waals surface area contributed by atoms with Crippen molar-refractivity contribution in [3.63, 3.8) is 0 Å². The minimum absolute atomic E-state index is 0.0209. The molecule has 3 aromatic carbocycles. The summed E-state index contributed by atoms with van der Waals surface area (Å²) in [5, 5.41) is 26.0. The van der Waals surface area contributed by atoms with Crippen LogP contribution in [0.1, 0.15) is 26.3 Å². The van der Waals surface area contributed by atoms with Gasteiger partial charge in [0.05, 0.1) is 23.3 Å². The zero-order valence-electron chi connectivity index (χ0n) is 15.9. The Morgan fingerprint density at radius 1 is 0.833 bits per heavy atom. The van der Waals surface area contributed by atoms with Gasteiger partial charge >= 0.3 is 0 Å². The second kappa shape index (κ2) is 9.38. The van der Waals surface area contributed by atoms with Crippen molar-refractivity contribution in [2.24, 2.45) is 0 Å². The van der Waals surface area contributed by atoms with Crippen LogP contribution in [0.2, 0.25) is 0 Å². The Hall–Kier alpha value is -4.13. The number of carbonyl (C=O) groups is 3. The third-order valence-corrected chi connectivity index (χ3v) is 4.42. The summed E-state index contributed by atoms with van der Waals surface area (Å²) >= 11 is 0. The van der Waals surface area contributed by atoms with Crippen LogP contribution in [0.25, 0.3) is 0 Å². The normalized spacial score (nSPS) is 11.3. The van der Waals surface area contributed by atoms with E-state index < -0.39 is 23.8 Å². The van der Waals surface area contributed by atoms with Gasteiger partial charge in [0.1, 0.15) is 5.75 Å². The molecule has 3 N–H and O–H groups in total. The maximum Gasteiger partial charge on any atom is 0.255 e. The van der Waals surface area contributed by atoms with Crippen LogP contribution < -0.4 is 15.7 Å². The van der Waals surface area contributed by atoms with Gasteiger partial charge in [-0.3, -0.25) is 9.59 Å². The SMILES string of the molecule is O=C(Nc1ccccc1C(=O)N[C@@H](Cc1ccc(O)cc1)C(=O)[O-])c1ccccc1. The van der Waals surface area contributed by atoms with Crippen LogP contribution in [0.3, 0.4) is 0 Å². The molecule has 0 spiro atoms. The number of benzene rings is 3. The molecule has 0 fully saturated rings. The quantitative estimate of drug-likeness (QED) is 0.555. The van der Waals surface area contributed by atoms with Crippen LogP contribution in [0, 0.1) is 0 Å². The number of aliphatic carboxylic acids is 1. The summed E-state index contributed by atoms with van der Waals surface area (Å²) in [7, 11) is 0. The number of anilines is 1. The molecular weight excluding hydrogens is 384 g/mol. The highest BCUT2D eigenvalue weighted by molar-refractivity contribution is 6.09. The van der Waals surface area contributed by atoms with Crippen LogP contribution in [0.4, 0.5) is 5.69 Å². The largest absolute Gasteiger partial charge is 0.548 e. The summed E-state index contributed by atoms with van der Waals surface area (Å²) < 4.78 is 0. The Kier molecular flexibility index (Phi) is 6.44. The predicted octanol–water partition coefficient (Wildman–Crippen LogP) is 1.74. The summed E-state index contributed by atoms with van der Waals surface area (Å²) in [5.41, 5.74) is 1.41. The Bertz CT molecular complexity index is 1050. The molecule has 7 nitrogen and oxygen atoms in total. The van der Waals surface area contributed by atoms with Gasteiger partial charge in [0.25, 0.3) is 11.8 Å². The summed E-state index contributed by atoms with van der Waals surface area (Å²) in [5.74, 6) is -2.44. The highest BCUT2D eigenvalue weighted by Crippen LogP contribution is 2.17. The van der Waals surface area contributed by atoms with Crippen LogP contribution in [-0.2, 0) is 11.2 Å². The number of amides is 2. The standard InChI is InChI=1S/C23H20N2O5/c26-17-12-10-15(11-13-17)14-20(23(29)30)25-22(28)18-8-4-5-9-19(18)24-21(27)16-6-2-1-3-7-16/h1-13,20,26H,14H2,(H,24,27)(H,25,28)(H,29,30)/p-1/t20-/m0/s1. The first-order chi connectivity index (χ1) is 14.4. The van der Waals surface area contributed by atoms with E-state index >= 15 is 0 Å². The van der Waals surface area contributed by atoms with E-state index in [1.165, 1.54) is 18.2 Å². The second-order valence-electron chi connectivity index (χ2n) is 6.58.